The molecule has 0 saturated heterocycles. The molecule has 0 radical (unpaired) electrons. The van der Waals surface area contributed by atoms with Crippen molar-refractivity contribution in [1.82, 2.24) is 0 Å². The molecule has 0 amide bonds. The lowest BCUT2D eigenvalue weighted by atomic mass is 10.0. The van der Waals surface area contributed by atoms with Gasteiger partial charge in [-0.15, -0.1) is 0 Å². The van der Waals surface area contributed by atoms with E-state index in [0.717, 1.165) is 17.2 Å². The molecule has 0 heterocycles. The molecule has 3 aromatic carbocycles. The number of ether oxygens (including phenoxy) is 1. The number of rotatable bonds is 6. The van der Waals surface area contributed by atoms with E-state index in [1.807, 2.05) is 6.07 Å². The molecule has 168 valence electrons. The number of nitrogens with one attached hydrogen (secondary N) is 1. The fourth-order valence-electron chi connectivity index (χ4n) is 2.93. The Balaban J connectivity index is 1.69. The minimum atomic E-state index is -4.74. The number of hydrogen-bond donors (Lipinski definition) is 1. The van der Waals surface area contributed by atoms with Gasteiger partial charge in [-0.2, -0.15) is 18.4 Å². The normalized spacial score (nSPS) is 11.8. The molecule has 7 nitrogen and oxygen atoms in total. The quantitative estimate of drug-likeness (QED) is 0.226. The van der Waals surface area contributed by atoms with E-state index in [1.54, 1.807) is 48.5 Å². The van der Waals surface area contributed by atoms with Crippen LogP contribution in [0.5, 0.6) is 5.75 Å². The lowest BCUT2D eigenvalue weighted by Crippen LogP contribution is -2.30. The van der Waals surface area contributed by atoms with Crippen LogP contribution in [0.2, 0.25) is 0 Å². The maximum Gasteiger partial charge on any atom is 0.416 e. The monoisotopic (exact) mass is 455 g/mol. The summed E-state index contributed by atoms with van der Waals surface area (Å²) in [6.07, 6.45) is -4.74. The number of anilines is 1. The predicted octanol–water partition coefficient (Wildman–Crippen LogP) is 5.56. The zero-order chi connectivity index (χ0) is 24.2. The Kier molecular flexibility index (Phi) is 6.63. The number of nitro benzene ring substituents is 1. The molecule has 0 fully saturated rings. The molecule has 0 aliphatic carbocycles. The van der Waals surface area contributed by atoms with Gasteiger partial charge >= 0.3 is 12.1 Å². The molecule has 1 unspecified atom stereocenters. The molecular formula is C23H16F3N3O4. The van der Waals surface area contributed by atoms with Crippen LogP contribution in [0.4, 0.5) is 24.5 Å². The Morgan fingerprint density at radius 2 is 1.64 bits per heavy atom. The molecule has 0 aliphatic heterocycles. The second-order valence-corrected chi connectivity index (χ2v) is 6.99. The molecule has 1 atom stereocenters. The standard InChI is InChI=1S/C23H16F3N3O4/c1-14(28-20-11-8-18(23(24,25)26)12-21(20)29(31)32)22(30)33-19-9-6-17(7-10-19)16-4-2-15(13-27)3-5-16/h2-12,14,28H,1H3. The summed E-state index contributed by atoms with van der Waals surface area (Å²) < 4.78 is 43.8. The van der Waals surface area contributed by atoms with Crippen LogP contribution >= 0.6 is 0 Å². The third-order valence-corrected chi connectivity index (χ3v) is 4.67. The number of nitriles is 1. The number of carbonyl (C=O) groups excluding carboxylic acids is 1. The van der Waals surface area contributed by atoms with Gasteiger partial charge < -0.3 is 10.1 Å². The van der Waals surface area contributed by atoms with Crippen LogP contribution in [0, 0.1) is 21.4 Å². The number of nitro groups is 1. The van der Waals surface area contributed by atoms with Crippen molar-refractivity contribution in [2.45, 2.75) is 19.1 Å². The fourth-order valence-corrected chi connectivity index (χ4v) is 2.93. The topological polar surface area (TPSA) is 105 Å². The molecule has 0 saturated carbocycles. The Labute approximate surface area is 186 Å². The van der Waals surface area contributed by atoms with E-state index in [2.05, 4.69) is 5.32 Å². The predicted molar refractivity (Wildman–Crippen MR) is 113 cm³/mol. The zero-order valence-corrected chi connectivity index (χ0v) is 17.1. The van der Waals surface area contributed by atoms with Crippen LogP contribution in [-0.4, -0.2) is 16.9 Å². The highest BCUT2D eigenvalue weighted by molar-refractivity contribution is 5.82. The fraction of sp³-hybridized carbons (Fsp3) is 0.130. The summed E-state index contributed by atoms with van der Waals surface area (Å²) in [5.74, 6) is -0.566. The van der Waals surface area contributed by atoms with Crippen molar-refractivity contribution in [3.63, 3.8) is 0 Å². The van der Waals surface area contributed by atoms with Crippen LogP contribution in [0.1, 0.15) is 18.1 Å². The number of carbonyl (C=O) groups is 1. The number of hydrogen-bond acceptors (Lipinski definition) is 6. The summed E-state index contributed by atoms with van der Waals surface area (Å²) in [5, 5.41) is 22.6. The average Bonchev–Trinajstić information content (AvgIpc) is 2.79. The Bertz CT molecular complexity index is 1220. The van der Waals surface area contributed by atoms with Crippen molar-refractivity contribution in [2.24, 2.45) is 0 Å². The summed E-state index contributed by atoms with van der Waals surface area (Å²) in [6.45, 7) is 1.37. The summed E-state index contributed by atoms with van der Waals surface area (Å²) in [7, 11) is 0. The highest BCUT2D eigenvalue weighted by atomic mass is 19.4. The van der Waals surface area contributed by atoms with Crippen molar-refractivity contribution >= 4 is 17.3 Å². The van der Waals surface area contributed by atoms with Crippen LogP contribution in [0.15, 0.2) is 66.7 Å². The molecule has 0 aliphatic rings. The van der Waals surface area contributed by atoms with Crippen molar-refractivity contribution in [1.29, 1.82) is 5.26 Å². The first-order valence-electron chi connectivity index (χ1n) is 9.53. The summed E-state index contributed by atoms with van der Waals surface area (Å²) in [6, 6.07) is 16.4. The van der Waals surface area contributed by atoms with Crippen molar-refractivity contribution in [3.8, 4) is 22.9 Å². The number of nitrogens with zero attached hydrogens (tertiary/aromatic N) is 2. The van der Waals surface area contributed by atoms with Gasteiger partial charge in [-0.05, 0) is 54.4 Å². The molecule has 0 spiro atoms. The van der Waals surface area contributed by atoms with E-state index in [0.29, 0.717) is 17.7 Å². The Hall–Kier alpha value is -4.39. The second kappa shape index (κ2) is 9.40. The van der Waals surface area contributed by atoms with Gasteiger partial charge in [0, 0.05) is 6.07 Å². The van der Waals surface area contributed by atoms with Crippen molar-refractivity contribution in [3.05, 3.63) is 88.0 Å². The highest BCUT2D eigenvalue weighted by Crippen LogP contribution is 2.35. The molecule has 3 rings (SSSR count). The van der Waals surface area contributed by atoms with E-state index < -0.39 is 34.4 Å². The van der Waals surface area contributed by atoms with Gasteiger partial charge in [0.1, 0.15) is 17.5 Å². The molecule has 10 heteroatoms. The van der Waals surface area contributed by atoms with E-state index in [-0.39, 0.29) is 11.4 Å². The lowest BCUT2D eigenvalue weighted by Gasteiger charge is -2.15. The number of halogens is 3. The van der Waals surface area contributed by atoms with Crippen LogP contribution in [-0.2, 0) is 11.0 Å². The van der Waals surface area contributed by atoms with E-state index in [4.69, 9.17) is 10.00 Å². The largest absolute Gasteiger partial charge is 0.425 e. The minimum absolute atomic E-state index is 0.216. The smallest absolute Gasteiger partial charge is 0.416 e. The SMILES string of the molecule is CC(Nc1ccc(C(F)(F)F)cc1[N+](=O)[O-])C(=O)Oc1ccc(-c2ccc(C#N)cc2)cc1. The highest BCUT2D eigenvalue weighted by Gasteiger charge is 2.33. The van der Waals surface area contributed by atoms with Gasteiger partial charge in [0.05, 0.1) is 22.1 Å². The molecule has 0 aromatic heterocycles. The first-order valence-corrected chi connectivity index (χ1v) is 9.53. The van der Waals surface area contributed by atoms with E-state index in [1.165, 1.54) is 6.92 Å². The van der Waals surface area contributed by atoms with Crippen molar-refractivity contribution < 1.29 is 27.6 Å². The molecule has 0 bridgehead atoms. The maximum atomic E-state index is 12.8. The second-order valence-electron chi connectivity index (χ2n) is 6.99. The van der Waals surface area contributed by atoms with E-state index in [9.17, 15) is 28.1 Å². The van der Waals surface area contributed by atoms with Crippen molar-refractivity contribution in [2.75, 3.05) is 5.32 Å². The third-order valence-electron chi connectivity index (χ3n) is 4.67. The number of alkyl halides is 3. The number of benzene rings is 3. The van der Waals surface area contributed by atoms with Gasteiger partial charge in [-0.25, -0.2) is 4.79 Å². The van der Waals surface area contributed by atoms with Gasteiger partial charge in [0.25, 0.3) is 5.69 Å². The maximum absolute atomic E-state index is 12.8. The zero-order valence-electron chi connectivity index (χ0n) is 17.1. The molecule has 1 N–H and O–H groups in total. The average molecular weight is 455 g/mol. The minimum Gasteiger partial charge on any atom is -0.425 e. The Morgan fingerprint density at radius 1 is 1.06 bits per heavy atom. The molecular weight excluding hydrogens is 439 g/mol. The van der Waals surface area contributed by atoms with Gasteiger partial charge in [-0.3, -0.25) is 10.1 Å². The summed E-state index contributed by atoms with van der Waals surface area (Å²) in [5.41, 5.74) is -0.0105. The van der Waals surface area contributed by atoms with Gasteiger partial charge in [0.15, 0.2) is 0 Å². The van der Waals surface area contributed by atoms with Gasteiger partial charge in [-0.1, -0.05) is 24.3 Å². The summed E-state index contributed by atoms with van der Waals surface area (Å²) >= 11 is 0. The number of esters is 1. The molecule has 3 aromatic rings. The third kappa shape index (κ3) is 5.65. The van der Waals surface area contributed by atoms with Crippen LogP contribution in [0.25, 0.3) is 11.1 Å². The summed E-state index contributed by atoms with van der Waals surface area (Å²) in [4.78, 5) is 22.6. The first kappa shape index (κ1) is 23.3. The van der Waals surface area contributed by atoms with Gasteiger partial charge in [0.2, 0.25) is 0 Å². The molecule has 33 heavy (non-hydrogen) atoms. The van der Waals surface area contributed by atoms with E-state index >= 15 is 0 Å². The van der Waals surface area contributed by atoms with Crippen LogP contribution in [0.3, 0.4) is 0 Å². The lowest BCUT2D eigenvalue weighted by molar-refractivity contribution is -0.384. The van der Waals surface area contributed by atoms with Crippen LogP contribution < -0.4 is 10.1 Å². The Morgan fingerprint density at radius 3 is 2.15 bits per heavy atom. The first-order chi connectivity index (χ1) is 15.6.